The summed E-state index contributed by atoms with van der Waals surface area (Å²) in [7, 11) is 1.50. The monoisotopic (exact) mass is 386 g/mol. The second-order valence-electron chi connectivity index (χ2n) is 6.21. The molecule has 2 aromatic carbocycles. The molecule has 1 aliphatic rings. The third-order valence-corrected chi connectivity index (χ3v) is 4.33. The summed E-state index contributed by atoms with van der Waals surface area (Å²) in [5.41, 5.74) is 0.574. The Morgan fingerprint density at radius 1 is 1.18 bits per heavy atom. The third-order valence-electron chi connectivity index (χ3n) is 4.33. The second kappa shape index (κ2) is 8.51. The lowest BCUT2D eigenvalue weighted by Gasteiger charge is -2.19. The first-order chi connectivity index (χ1) is 13.5. The van der Waals surface area contributed by atoms with E-state index in [0.717, 1.165) is 0 Å². The maximum Gasteiger partial charge on any atom is 0.311 e. The fourth-order valence-corrected chi connectivity index (χ4v) is 2.95. The Morgan fingerprint density at radius 2 is 1.89 bits per heavy atom. The van der Waals surface area contributed by atoms with Gasteiger partial charge in [0.05, 0.1) is 24.4 Å². The molecule has 7 nitrogen and oxygen atoms in total. The molecule has 8 heteroatoms. The number of rotatable bonds is 6. The molecule has 1 heterocycles. The van der Waals surface area contributed by atoms with E-state index in [1.807, 2.05) is 0 Å². The number of carbonyl (C=O) groups is 3. The van der Waals surface area contributed by atoms with Gasteiger partial charge in [0.2, 0.25) is 5.91 Å². The number of para-hydroxylation sites is 3. The summed E-state index contributed by atoms with van der Waals surface area (Å²) in [4.78, 5) is 37.9. The molecule has 2 aromatic rings. The number of methoxy groups -OCH3 is 1. The number of hydrogen-bond acceptors (Lipinski definition) is 5. The first-order valence-corrected chi connectivity index (χ1v) is 8.64. The number of halogens is 1. The molecule has 3 rings (SSSR count). The Balaban J connectivity index is 1.56. The average Bonchev–Trinajstić information content (AvgIpc) is 3.09. The third kappa shape index (κ3) is 4.28. The molecule has 0 bridgehead atoms. The Morgan fingerprint density at radius 3 is 2.64 bits per heavy atom. The van der Waals surface area contributed by atoms with Crippen LogP contribution in [0, 0.1) is 11.7 Å². The molecular formula is C20H19FN2O5. The zero-order chi connectivity index (χ0) is 20.1. The lowest BCUT2D eigenvalue weighted by atomic mass is 10.1. The Hall–Kier alpha value is -3.42. The van der Waals surface area contributed by atoms with Crippen LogP contribution in [0.5, 0.6) is 5.75 Å². The van der Waals surface area contributed by atoms with Crippen LogP contribution in [0.25, 0.3) is 0 Å². The van der Waals surface area contributed by atoms with E-state index in [2.05, 4.69) is 5.32 Å². The number of nitrogens with one attached hydrogen (secondary N) is 1. The summed E-state index contributed by atoms with van der Waals surface area (Å²) >= 11 is 0. The van der Waals surface area contributed by atoms with Gasteiger partial charge in [-0.3, -0.25) is 14.4 Å². The molecular weight excluding hydrogens is 367 g/mol. The van der Waals surface area contributed by atoms with Gasteiger partial charge in [-0.1, -0.05) is 24.3 Å². The van der Waals surface area contributed by atoms with Gasteiger partial charge in [-0.15, -0.1) is 0 Å². The standard InChI is InChI=1S/C20H19FN2O5/c1-27-17-9-5-4-8-16(17)23-11-13(10-19(23)25)20(26)28-12-18(24)22-15-7-3-2-6-14(15)21/h2-9,13H,10-12H2,1H3,(H,22,24)/t13-/m1/s1. The smallest absolute Gasteiger partial charge is 0.311 e. The van der Waals surface area contributed by atoms with Gasteiger partial charge >= 0.3 is 5.97 Å². The molecule has 1 atom stereocenters. The number of benzene rings is 2. The number of esters is 1. The molecule has 146 valence electrons. The fraction of sp³-hybridized carbons (Fsp3) is 0.250. The van der Waals surface area contributed by atoms with Gasteiger partial charge in [0, 0.05) is 13.0 Å². The molecule has 0 radical (unpaired) electrons. The minimum Gasteiger partial charge on any atom is -0.495 e. The van der Waals surface area contributed by atoms with Crippen LogP contribution in [-0.2, 0) is 19.1 Å². The Labute approximate surface area is 161 Å². The molecule has 0 unspecified atom stereocenters. The van der Waals surface area contributed by atoms with E-state index >= 15 is 0 Å². The first kappa shape index (κ1) is 19.3. The zero-order valence-corrected chi connectivity index (χ0v) is 15.2. The van der Waals surface area contributed by atoms with Crippen molar-refractivity contribution in [3.05, 3.63) is 54.3 Å². The molecule has 1 saturated heterocycles. The molecule has 0 aromatic heterocycles. The molecule has 0 saturated carbocycles. The van der Waals surface area contributed by atoms with Crippen LogP contribution in [0.2, 0.25) is 0 Å². The highest BCUT2D eigenvalue weighted by molar-refractivity contribution is 6.01. The largest absolute Gasteiger partial charge is 0.495 e. The molecule has 2 amide bonds. The van der Waals surface area contributed by atoms with Crippen molar-refractivity contribution in [1.29, 1.82) is 0 Å². The van der Waals surface area contributed by atoms with E-state index in [1.165, 1.54) is 30.2 Å². The highest BCUT2D eigenvalue weighted by Crippen LogP contribution is 2.33. The van der Waals surface area contributed by atoms with E-state index in [9.17, 15) is 18.8 Å². The van der Waals surface area contributed by atoms with Gasteiger partial charge in [-0.2, -0.15) is 0 Å². The first-order valence-electron chi connectivity index (χ1n) is 8.64. The van der Waals surface area contributed by atoms with Crippen LogP contribution < -0.4 is 15.0 Å². The van der Waals surface area contributed by atoms with Crippen molar-refractivity contribution in [1.82, 2.24) is 0 Å². The van der Waals surface area contributed by atoms with Gasteiger partial charge in [0.1, 0.15) is 11.6 Å². The summed E-state index contributed by atoms with van der Waals surface area (Å²) in [5.74, 6) is -2.31. The van der Waals surface area contributed by atoms with Gasteiger partial charge in [-0.25, -0.2) is 4.39 Å². The maximum absolute atomic E-state index is 13.5. The second-order valence-corrected chi connectivity index (χ2v) is 6.21. The maximum atomic E-state index is 13.5. The van der Waals surface area contributed by atoms with Crippen LogP contribution in [0.4, 0.5) is 15.8 Å². The van der Waals surface area contributed by atoms with E-state index in [4.69, 9.17) is 9.47 Å². The summed E-state index contributed by atoms with van der Waals surface area (Å²) in [5, 5.41) is 2.33. The highest BCUT2D eigenvalue weighted by Gasteiger charge is 2.37. The number of anilines is 2. The van der Waals surface area contributed by atoms with Crippen LogP contribution >= 0.6 is 0 Å². The quantitative estimate of drug-likeness (QED) is 0.771. The lowest BCUT2D eigenvalue weighted by molar-refractivity contribution is -0.151. The number of amides is 2. The summed E-state index contributed by atoms with van der Waals surface area (Å²) in [6, 6.07) is 12.7. The van der Waals surface area contributed by atoms with E-state index in [-0.39, 0.29) is 24.6 Å². The van der Waals surface area contributed by atoms with Crippen LogP contribution in [0.3, 0.4) is 0 Å². The van der Waals surface area contributed by atoms with Crippen molar-refractivity contribution in [2.45, 2.75) is 6.42 Å². The van der Waals surface area contributed by atoms with Crippen molar-refractivity contribution in [3.8, 4) is 5.75 Å². The molecule has 28 heavy (non-hydrogen) atoms. The van der Waals surface area contributed by atoms with Crippen LogP contribution in [0.15, 0.2) is 48.5 Å². The topological polar surface area (TPSA) is 84.9 Å². The number of nitrogens with zero attached hydrogens (tertiary/aromatic N) is 1. The summed E-state index contributed by atoms with van der Waals surface area (Å²) in [6.45, 7) is -0.431. The average molecular weight is 386 g/mol. The predicted octanol–water partition coefficient (Wildman–Crippen LogP) is 2.37. The summed E-state index contributed by atoms with van der Waals surface area (Å²) in [6.07, 6.45) is -0.0220. The predicted molar refractivity (Wildman–Crippen MR) is 99.4 cm³/mol. The molecule has 0 aliphatic carbocycles. The normalized spacial score (nSPS) is 16.0. The fourth-order valence-electron chi connectivity index (χ4n) is 2.95. The highest BCUT2D eigenvalue weighted by atomic mass is 19.1. The van der Waals surface area contributed by atoms with Crippen molar-refractivity contribution in [3.63, 3.8) is 0 Å². The zero-order valence-electron chi connectivity index (χ0n) is 15.2. The Bertz CT molecular complexity index is 902. The summed E-state index contributed by atoms with van der Waals surface area (Å²) < 4.78 is 23.8. The van der Waals surface area contributed by atoms with E-state index in [0.29, 0.717) is 11.4 Å². The van der Waals surface area contributed by atoms with Crippen molar-refractivity contribution < 1.29 is 28.2 Å². The molecule has 1 fully saturated rings. The molecule has 1 aliphatic heterocycles. The minimum absolute atomic E-state index is 0.00180. The molecule has 1 N–H and O–H groups in total. The van der Waals surface area contributed by atoms with Crippen molar-refractivity contribution in [2.24, 2.45) is 5.92 Å². The van der Waals surface area contributed by atoms with E-state index < -0.39 is 30.2 Å². The number of ether oxygens (including phenoxy) is 2. The van der Waals surface area contributed by atoms with Crippen molar-refractivity contribution in [2.75, 3.05) is 30.5 Å². The lowest BCUT2D eigenvalue weighted by Crippen LogP contribution is -2.28. The number of hydrogen-bond donors (Lipinski definition) is 1. The molecule has 0 spiro atoms. The van der Waals surface area contributed by atoms with E-state index in [1.54, 1.807) is 30.3 Å². The minimum atomic E-state index is -0.696. The number of carbonyl (C=O) groups excluding carboxylic acids is 3. The van der Waals surface area contributed by atoms with Crippen molar-refractivity contribution >= 4 is 29.2 Å². The van der Waals surface area contributed by atoms with Crippen LogP contribution in [0.1, 0.15) is 6.42 Å². The van der Waals surface area contributed by atoms with Gasteiger partial charge in [0.15, 0.2) is 6.61 Å². The van der Waals surface area contributed by atoms with Gasteiger partial charge in [-0.05, 0) is 24.3 Å². The SMILES string of the molecule is COc1ccccc1N1C[C@H](C(=O)OCC(=O)Nc2ccccc2F)CC1=O. The Kier molecular flexibility index (Phi) is 5.88. The van der Waals surface area contributed by atoms with Gasteiger partial charge in [0.25, 0.3) is 5.91 Å². The van der Waals surface area contributed by atoms with Crippen LogP contribution in [-0.4, -0.2) is 38.0 Å². The van der Waals surface area contributed by atoms with Gasteiger partial charge < -0.3 is 19.7 Å².